The summed E-state index contributed by atoms with van der Waals surface area (Å²) in [5.41, 5.74) is 3.04. The van der Waals surface area contributed by atoms with Crippen molar-refractivity contribution in [3.05, 3.63) is 79.5 Å². The number of hydrogen-bond donors (Lipinski definition) is 0. The molecule has 160 valence electrons. The summed E-state index contributed by atoms with van der Waals surface area (Å²) in [5.74, 6) is 0.337. The first kappa shape index (κ1) is 21.4. The Balaban J connectivity index is 1.54. The molecule has 1 unspecified atom stereocenters. The van der Waals surface area contributed by atoms with Crippen LogP contribution in [0.15, 0.2) is 84.7 Å². The van der Waals surface area contributed by atoms with Crippen molar-refractivity contribution in [1.29, 1.82) is 0 Å². The summed E-state index contributed by atoms with van der Waals surface area (Å²) in [6.45, 7) is 5.84. The van der Waals surface area contributed by atoms with Gasteiger partial charge < -0.3 is 14.2 Å². The standard InChI is InChI=1S/C25H27N3O2S/c1-2-15-27(21-12-7-4-8-13-21)24(29)19-31-25-26-17-23(20-10-5-3-6-11-20)28(25)18-22-14-9-16-30-22/h2-8,10-13,17,22H,1,9,14-16,18-19H2. The Morgan fingerprint density at radius 1 is 1.19 bits per heavy atom. The van der Waals surface area contributed by atoms with Crippen LogP contribution in [-0.4, -0.2) is 40.5 Å². The van der Waals surface area contributed by atoms with Gasteiger partial charge in [-0.3, -0.25) is 4.79 Å². The molecule has 1 aliphatic heterocycles. The first-order chi connectivity index (χ1) is 15.3. The van der Waals surface area contributed by atoms with E-state index in [1.807, 2.05) is 54.7 Å². The van der Waals surface area contributed by atoms with Gasteiger partial charge in [-0.05, 0) is 30.5 Å². The van der Waals surface area contributed by atoms with Crippen molar-refractivity contribution in [2.75, 3.05) is 23.8 Å². The molecule has 0 aliphatic carbocycles. The molecule has 0 bridgehead atoms. The van der Waals surface area contributed by atoms with Crippen LogP contribution in [0.25, 0.3) is 11.3 Å². The van der Waals surface area contributed by atoms with Crippen LogP contribution in [-0.2, 0) is 16.1 Å². The number of hydrogen-bond acceptors (Lipinski definition) is 4. The van der Waals surface area contributed by atoms with Crippen LogP contribution in [0.1, 0.15) is 12.8 Å². The van der Waals surface area contributed by atoms with Gasteiger partial charge in [0, 0.05) is 18.8 Å². The topological polar surface area (TPSA) is 47.4 Å². The molecule has 1 aliphatic rings. The Morgan fingerprint density at radius 2 is 1.94 bits per heavy atom. The van der Waals surface area contributed by atoms with E-state index in [1.165, 1.54) is 11.8 Å². The number of thioether (sulfide) groups is 1. The zero-order valence-electron chi connectivity index (χ0n) is 17.5. The van der Waals surface area contributed by atoms with Gasteiger partial charge in [0.25, 0.3) is 0 Å². The minimum atomic E-state index is 0.0315. The molecule has 2 aromatic carbocycles. The molecule has 1 aromatic heterocycles. The molecular weight excluding hydrogens is 406 g/mol. The van der Waals surface area contributed by atoms with Crippen molar-refractivity contribution in [3.8, 4) is 11.3 Å². The fraction of sp³-hybridized carbons (Fsp3) is 0.280. The molecule has 4 rings (SSSR count). The highest BCUT2D eigenvalue weighted by Crippen LogP contribution is 2.29. The smallest absolute Gasteiger partial charge is 0.237 e. The van der Waals surface area contributed by atoms with Crippen LogP contribution in [0.4, 0.5) is 5.69 Å². The number of carbonyl (C=O) groups is 1. The lowest BCUT2D eigenvalue weighted by molar-refractivity contribution is -0.116. The molecule has 1 fully saturated rings. The molecule has 6 heteroatoms. The van der Waals surface area contributed by atoms with Crippen LogP contribution >= 0.6 is 11.8 Å². The first-order valence-corrected chi connectivity index (χ1v) is 11.6. The van der Waals surface area contributed by atoms with Crippen LogP contribution in [0, 0.1) is 0 Å². The van der Waals surface area contributed by atoms with Crippen molar-refractivity contribution in [3.63, 3.8) is 0 Å². The van der Waals surface area contributed by atoms with Crippen molar-refractivity contribution in [1.82, 2.24) is 9.55 Å². The number of benzene rings is 2. The summed E-state index contributed by atoms with van der Waals surface area (Å²) >= 11 is 1.47. The number of amides is 1. The van der Waals surface area contributed by atoms with Gasteiger partial charge in [0.2, 0.25) is 5.91 Å². The Hall–Kier alpha value is -2.83. The normalized spacial score (nSPS) is 15.7. The van der Waals surface area contributed by atoms with Gasteiger partial charge >= 0.3 is 0 Å². The van der Waals surface area contributed by atoms with Crippen molar-refractivity contribution < 1.29 is 9.53 Å². The molecule has 1 saturated heterocycles. The van der Waals surface area contributed by atoms with Crippen molar-refractivity contribution in [2.24, 2.45) is 0 Å². The zero-order valence-corrected chi connectivity index (χ0v) is 18.3. The first-order valence-electron chi connectivity index (χ1n) is 10.6. The highest BCUT2D eigenvalue weighted by atomic mass is 32.2. The van der Waals surface area contributed by atoms with Gasteiger partial charge in [0.15, 0.2) is 5.16 Å². The Kier molecular flexibility index (Phi) is 7.22. The van der Waals surface area contributed by atoms with E-state index in [-0.39, 0.29) is 12.0 Å². The molecule has 5 nitrogen and oxygen atoms in total. The molecule has 1 atom stereocenters. The number of anilines is 1. The van der Waals surface area contributed by atoms with Crippen LogP contribution in [0.3, 0.4) is 0 Å². The molecule has 1 amide bonds. The number of rotatable bonds is 9. The lowest BCUT2D eigenvalue weighted by Gasteiger charge is -2.21. The second kappa shape index (κ2) is 10.5. The van der Waals surface area contributed by atoms with E-state index in [1.54, 1.807) is 11.0 Å². The van der Waals surface area contributed by atoms with Crippen molar-refractivity contribution >= 4 is 23.4 Å². The molecular formula is C25H27N3O2S. The monoisotopic (exact) mass is 433 g/mol. The van der Waals surface area contributed by atoms with Gasteiger partial charge in [0.05, 0.1) is 30.3 Å². The Morgan fingerprint density at radius 3 is 2.61 bits per heavy atom. The quantitative estimate of drug-likeness (QED) is 0.350. The number of ether oxygens (including phenoxy) is 1. The predicted molar refractivity (Wildman–Crippen MR) is 126 cm³/mol. The van der Waals surface area contributed by atoms with Gasteiger partial charge in [0.1, 0.15) is 0 Å². The summed E-state index contributed by atoms with van der Waals surface area (Å²) in [6.07, 6.45) is 5.98. The minimum Gasteiger partial charge on any atom is -0.376 e. The maximum absolute atomic E-state index is 13.0. The number of nitrogens with zero attached hydrogens (tertiary/aromatic N) is 3. The fourth-order valence-electron chi connectivity index (χ4n) is 3.77. The third-order valence-electron chi connectivity index (χ3n) is 5.30. The largest absolute Gasteiger partial charge is 0.376 e. The average Bonchev–Trinajstić information content (AvgIpc) is 3.47. The maximum atomic E-state index is 13.0. The third-order valence-corrected chi connectivity index (χ3v) is 6.28. The lowest BCUT2D eigenvalue weighted by atomic mass is 10.1. The van der Waals surface area contributed by atoms with E-state index in [2.05, 4.69) is 28.3 Å². The summed E-state index contributed by atoms with van der Waals surface area (Å²) in [4.78, 5) is 19.5. The SMILES string of the molecule is C=CCN(C(=O)CSc1ncc(-c2ccccc2)n1CC1CCCO1)c1ccccc1. The summed E-state index contributed by atoms with van der Waals surface area (Å²) in [5, 5.41) is 0.842. The van der Waals surface area contributed by atoms with E-state index in [9.17, 15) is 4.79 Å². The maximum Gasteiger partial charge on any atom is 0.237 e. The van der Waals surface area contributed by atoms with Crippen molar-refractivity contribution in [2.45, 2.75) is 30.6 Å². The number of para-hydroxylation sites is 1. The molecule has 2 heterocycles. The van der Waals surface area contributed by atoms with Crippen LogP contribution < -0.4 is 4.90 Å². The number of carbonyl (C=O) groups excluding carboxylic acids is 1. The van der Waals surface area contributed by atoms with Crippen LogP contribution in [0.5, 0.6) is 0 Å². The van der Waals surface area contributed by atoms with Gasteiger partial charge in [-0.15, -0.1) is 6.58 Å². The Labute approximate surface area is 187 Å². The molecule has 3 aromatic rings. The number of imidazole rings is 1. The second-order valence-electron chi connectivity index (χ2n) is 7.45. The van der Waals surface area contributed by atoms with Gasteiger partial charge in [-0.1, -0.05) is 66.4 Å². The van der Waals surface area contributed by atoms with E-state index in [0.29, 0.717) is 12.3 Å². The minimum absolute atomic E-state index is 0.0315. The number of aromatic nitrogens is 2. The fourth-order valence-corrected chi connectivity index (χ4v) is 4.64. The van der Waals surface area contributed by atoms with Gasteiger partial charge in [-0.25, -0.2) is 4.98 Å². The molecule has 0 N–H and O–H groups in total. The highest BCUT2D eigenvalue weighted by Gasteiger charge is 2.22. The molecule has 0 radical (unpaired) electrons. The lowest BCUT2D eigenvalue weighted by Crippen LogP contribution is -2.32. The van der Waals surface area contributed by atoms with E-state index >= 15 is 0 Å². The molecule has 31 heavy (non-hydrogen) atoms. The summed E-state index contributed by atoms with van der Waals surface area (Å²) < 4.78 is 8.08. The summed E-state index contributed by atoms with van der Waals surface area (Å²) in [6, 6.07) is 19.9. The third kappa shape index (κ3) is 5.27. The van der Waals surface area contributed by atoms with Gasteiger partial charge in [-0.2, -0.15) is 0 Å². The van der Waals surface area contributed by atoms with E-state index in [4.69, 9.17) is 4.74 Å². The zero-order chi connectivity index (χ0) is 21.5. The van der Waals surface area contributed by atoms with E-state index < -0.39 is 0 Å². The Bertz CT molecular complexity index is 998. The second-order valence-corrected chi connectivity index (χ2v) is 8.40. The highest BCUT2D eigenvalue weighted by molar-refractivity contribution is 7.99. The summed E-state index contributed by atoms with van der Waals surface area (Å²) in [7, 11) is 0. The van der Waals surface area contributed by atoms with E-state index in [0.717, 1.165) is 48.1 Å². The molecule has 0 saturated carbocycles. The predicted octanol–water partition coefficient (Wildman–Crippen LogP) is 5.04. The van der Waals surface area contributed by atoms with Crippen LogP contribution in [0.2, 0.25) is 0 Å². The molecule has 0 spiro atoms. The average molecular weight is 434 g/mol.